The van der Waals surface area contributed by atoms with Gasteiger partial charge in [-0.3, -0.25) is 9.59 Å². The number of hydrazine groups is 1. The number of carbonyl (C=O) groups is 2. The summed E-state index contributed by atoms with van der Waals surface area (Å²) in [5, 5.41) is 2.69. The number of carbonyl (C=O) groups excluding carboxylic acids is 2. The number of nitrogens with two attached hydrogens (primary N) is 1. The zero-order valence-corrected chi connectivity index (χ0v) is 11.6. The van der Waals surface area contributed by atoms with Crippen LogP contribution in [0.15, 0.2) is 12.1 Å². The maximum absolute atomic E-state index is 12.4. The number of piperazine rings is 1. The van der Waals surface area contributed by atoms with E-state index in [1.165, 1.54) is 4.90 Å². The summed E-state index contributed by atoms with van der Waals surface area (Å²) in [5.74, 6) is 5.69. The molecule has 2 amide bonds. The smallest absolute Gasteiger partial charge is 0.254 e. The van der Waals surface area contributed by atoms with Crippen LogP contribution in [0.1, 0.15) is 35.8 Å². The molecule has 1 saturated heterocycles. The lowest BCUT2D eigenvalue weighted by molar-refractivity contribution is -0.123. The van der Waals surface area contributed by atoms with Crippen LogP contribution in [0.25, 0.3) is 0 Å². The van der Waals surface area contributed by atoms with Crippen LogP contribution in [-0.4, -0.2) is 41.3 Å². The third kappa shape index (κ3) is 3.05. The Balaban J connectivity index is 2.28. The lowest BCUT2D eigenvalue weighted by atomic mass is 10.1. The second-order valence-corrected chi connectivity index (χ2v) is 5.04. The molecule has 0 bridgehead atoms. The maximum Gasteiger partial charge on any atom is 0.254 e. The van der Waals surface area contributed by atoms with Crippen LogP contribution in [-0.2, 0) is 4.79 Å². The van der Waals surface area contributed by atoms with Gasteiger partial charge in [0.25, 0.3) is 5.91 Å². The summed E-state index contributed by atoms with van der Waals surface area (Å²) in [4.78, 5) is 29.6. The molecular formula is C13H19N5O2. The van der Waals surface area contributed by atoms with Crippen LogP contribution in [0.2, 0.25) is 0 Å². The summed E-state index contributed by atoms with van der Waals surface area (Å²) in [6, 6.07) is 3.35. The van der Waals surface area contributed by atoms with Crippen molar-refractivity contribution in [2.24, 2.45) is 5.84 Å². The predicted octanol–water partition coefficient (Wildman–Crippen LogP) is 0.0626. The number of aromatic nitrogens is 1. The fourth-order valence-corrected chi connectivity index (χ4v) is 2.04. The van der Waals surface area contributed by atoms with Crippen molar-refractivity contribution >= 4 is 17.6 Å². The van der Waals surface area contributed by atoms with Crippen LogP contribution >= 0.6 is 0 Å². The highest BCUT2D eigenvalue weighted by Gasteiger charge is 2.23. The number of hydrogen-bond donors (Lipinski definition) is 3. The van der Waals surface area contributed by atoms with E-state index >= 15 is 0 Å². The Hall–Kier alpha value is -2.15. The molecule has 2 rings (SSSR count). The van der Waals surface area contributed by atoms with Crippen LogP contribution in [0, 0.1) is 0 Å². The van der Waals surface area contributed by atoms with Crippen molar-refractivity contribution in [3.63, 3.8) is 0 Å². The van der Waals surface area contributed by atoms with Gasteiger partial charge < -0.3 is 15.6 Å². The molecule has 4 N–H and O–H groups in total. The van der Waals surface area contributed by atoms with Crippen LogP contribution in [0.4, 0.5) is 5.82 Å². The minimum absolute atomic E-state index is 0.0869. The summed E-state index contributed by atoms with van der Waals surface area (Å²) >= 11 is 0. The Morgan fingerprint density at radius 1 is 1.50 bits per heavy atom. The zero-order valence-electron chi connectivity index (χ0n) is 11.6. The molecule has 0 aliphatic carbocycles. The van der Waals surface area contributed by atoms with Gasteiger partial charge in [0, 0.05) is 24.3 Å². The first kappa shape index (κ1) is 14.3. The highest BCUT2D eigenvalue weighted by Crippen LogP contribution is 2.18. The van der Waals surface area contributed by atoms with E-state index in [4.69, 9.17) is 5.84 Å². The molecule has 7 nitrogen and oxygen atoms in total. The van der Waals surface area contributed by atoms with Crippen molar-refractivity contribution in [2.75, 3.05) is 25.1 Å². The van der Waals surface area contributed by atoms with Gasteiger partial charge >= 0.3 is 0 Å². The van der Waals surface area contributed by atoms with Gasteiger partial charge in [-0.1, -0.05) is 13.8 Å². The minimum atomic E-state index is -0.180. The molecule has 1 aromatic heterocycles. The van der Waals surface area contributed by atoms with Gasteiger partial charge in [0.2, 0.25) is 5.91 Å². The molecule has 0 spiro atoms. The normalized spacial score (nSPS) is 15.2. The SMILES string of the molecule is CC(C)c1cc(C(=O)N2CCNC(=O)C2)cc(NN)n1. The lowest BCUT2D eigenvalue weighted by Crippen LogP contribution is -2.50. The van der Waals surface area contributed by atoms with Gasteiger partial charge in [-0.15, -0.1) is 0 Å². The Labute approximate surface area is 117 Å². The Morgan fingerprint density at radius 3 is 2.85 bits per heavy atom. The minimum Gasteiger partial charge on any atom is -0.353 e. The number of nitrogens with one attached hydrogen (secondary N) is 2. The standard InChI is InChI=1S/C13H19N5O2/c1-8(2)10-5-9(6-11(16-10)17-14)13(20)18-4-3-15-12(19)7-18/h5-6,8H,3-4,7,14H2,1-2H3,(H,15,19)(H,16,17). The molecule has 0 aromatic carbocycles. The van der Waals surface area contributed by atoms with Crippen molar-refractivity contribution in [3.8, 4) is 0 Å². The van der Waals surface area contributed by atoms with Crippen LogP contribution in [0.5, 0.6) is 0 Å². The Kier molecular flexibility index (Phi) is 4.19. The summed E-state index contributed by atoms with van der Waals surface area (Å²) in [7, 11) is 0. The fourth-order valence-electron chi connectivity index (χ4n) is 2.04. The van der Waals surface area contributed by atoms with Gasteiger partial charge in [-0.25, -0.2) is 10.8 Å². The molecule has 2 heterocycles. The molecule has 0 atom stereocenters. The zero-order chi connectivity index (χ0) is 14.7. The van der Waals surface area contributed by atoms with Gasteiger partial charge in [0.1, 0.15) is 5.82 Å². The van der Waals surface area contributed by atoms with E-state index in [-0.39, 0.29) is 24.3 Å². The molecule has 1 fully saturated rings. The lowest BCUT2D eigenvalue weighted by Gasteiger charge is -2.27. The first-order chi connectivity index (χ1) is 9.51. The fraction of sp³-hybridized carbons (Fsp3) is 0.462. The molecule has 0 saturated carbocycles. The average molecular weight is 277 g/mol. The van der Waals surface area contributed by atoms with E-state index in [0.717, 1.165) is 5.69 Å². The monoisotopic (exact) mass is 277 g/mol. The van der Waals surface area contributed by atoms with Crippen molar-refractivity contribution in [3.05, 3.63) is 23.4 Å². The quantitative estimate of drug-likeness (QED) is 0.536. The van der Waals surface area contributed by atoms with E-state index in [9.17, 15) is 9.59 Å². The topological polar surface area (TPSA) is 100 Å². The first-order valence-corrected chi connectivity index (χ1v) is 6.56. The average Bonchev–Trinajstić information content (AvgIpc) is 2.45. The summed E-state index contributed by atoms with van der Waals surface area (Å²) in [6.07, 6.45) is 0. The first-order valence-electron chi connectivity index (χ1n) is 6.56. The maximum atomic E-state index is 12.4. The second kappa shape index (κ2) is 5.87. The Morgan fingerprint density at radius 2 is 2.25 bits per heavy atom. The van der Waals surface area contributed by atoms with Gasteiger partial charge in [-0.2, -0.15) is 0 Å². The molecule has 1 aromatic rings. The second-order valence-electron chi connectivity index (χ2n) is 5.04. The van der Waals surface area contributed by atoms with Crippen molar-refractivity contribution in [1.82, 2.24) is 15.2 Å². The van der Waals surface area contributed by atoms with Crippen LogP contribution in [0.3, 0.4) is 0 Å². The number of nitrogen functional groups attached to an aromatic ring is 1. The summed E-state index contributed by atoms with van der Waals surface area (Å²) in [6.45, 7) is 5.06. The third-order valence-electron chi connectivity index (χ3n) is 3.16. The van der Waals surface area contributed by atoms with Crippen molar-refractivity contribution < 1.29 is 9.59 Å². The largest absolute Gasteiger partial charge is 0.353 e. The molecule has 108 valence electrons. The number of hydrogen-bond acceptors (Lipinski definition) is 5. The number of pyridine rings is 1. The van der Waals surface area contributed by atoms with E-state index in [0.29, 0.717) is 24.5 Å². The van der Waals surface area contributed by atoms with E-state index in [1.54, 1.807) is 12.1 Å². The molecule has 7 heteroatoms. The predicted molar refractivity (Wildman–Crippen MR) is 75.0 cm³/mol. The summed E-state index contributed by atoms with van der Waals surface area (Å²) in [5.41, 5.74) is 3.74. The third-order valence-corrected chi connectivity index (χ3v) is 3.16. The molecule has 1 aliphatic rings. The number of anilines is 1. The van der Waals surface area contributed by atoms with E-state index in [2.05, 4.69) is 15.7 Å². The van der Waals surface area contributed by atoms with Crippen molar-refractivity contribution in [1.29, 1.82) is 0 Å². The van der Waals surface area contributed by atoms with E-state index < -0.39 is 0 Å². The van der Waals surface area contributed by atoms with E-state index in [1.807, 2.05) is 13.8 Å². The van der Waals surface area contributed by atoms with Crippen LogP contribution < -0.4 is 16.6 Å². The van der Waals surface area contributed by atoms with Crippen molar-refractivity contribution in [2.45, 2.75) is 19.8 Å². The molecule has 20 heavy (non-hydrogen) atoms. The molecule has 1 aliphatic heterocycles. The highest BCUT2D eigenvalue weighted by atomic mass is 16.2. The Bertz CT molecular complexity index is 529. The molecule has 0 radical (unpaired) electrons. The molecule has 0 unspecified atom stereocenters. The number of nitrogens with zero attached hydrogens (tertiary/aromatic N) is 2. The van der Waals surface area contributed by atoms with Gasteiger partial charge in [-0.05, 0) is 18.1 Å². The number of amides is 2. The highest BCUT2D eigenvalue weighted by molar-refractivity contribution is 5.97. The molecular weight excluding hydrogens is 258 g/mol. The summed E-state index contributed by atoms with van der Waals surface area (Å²) < 4.78 is 0. The van der Waals surface area contributed by atoms with Gasteiger partial charge in [0.05, 0.1) is 6.54 Å². The van der Waals surface area contributed by atoms with Gasteiger partial charge in [0.15, 0.2) is 0 Å². The number of rotatable bonds is 3.